The molecule has 0 bridgehead atoms. The third-order valence-electron chi connectivity index (χ3n) is 1.69. The van der Waals surface area contributed by atoms with E-state index in [1.807, 2.05) is 0 Å². The molecule has 0 saturated heterocycles. The molecule has 0 aromatic heterocycles. The summed E-state index contributed by atoms with van der Waals surface area (Å²) in [5.74, 6) is 0. The summed E-state index contributed by atoms with van der Waals surface area (Å²) in [6, 6.07) is 0. The van der Waals surface area contributed by atoms with Crippen LogP contribution in [0.1, 0.15) is 40.5 Å². The summed E-state index contributed by atoms with van der Waals surface area (Å²) in [7, 11) is 0. The fourth-order valence-electron chi connectivity index (χ4n) is 0.976. The molecular weight excluding hydrogens is 144 g/mol. The molecule has 0 aliphatic heterocycles. The number of allylic oxidation sites excluding steroid dienone is 5. The van der Waals surface area contributed by atoms with E-state index in [1.165, 1.54) is 23.1 Å². The average Bonchev–Trinajstić information content (AvgIpc) is 1.96. The first kappa shape index (κ1) is 11.2. The van der Waals surface area contributed by atoms with Crippen LogP contribution in [-0.4, -0.2) is 0 Å². The van der Waals surface area contributed by atoms with Crippen molar-refractivity contribution < 1.29 is 0 Å². The Kier molecular flexibility index (Phi) is 5.44. The number of hydrogen-bond donors (Lipinski definition) is 0. The quantitative estimate of drug-likeness (QED) is 0.545. The van der Waals surface area contributed by atoms with E-state index in [-0.39, 0.29) is 0 Å². The lowest BCUT2D eigenvalue weighted by molar-refractivity contribution is 0.912. The zero-order chi connectivity index (χ0) is 9.56. The molecule has 0 rings (SSSR count). The minimum Gasteiger partial charge on any atom is -0.0958 e. The first-order valence-corrected chi connectivity index (χ1v) is 4.57. The highest BCUT2D eigenvalue weighted by Crippen LogP contribution is 2.13. The van der Waals surface area contributed by atoms with Gasteiger partial charge in [-0.05, 0) is 32.8 Å². The molecule has 0 N–H and O–H groups in total. The van der Waals surface area contributed by atoms with E-state index in [9.17, 15) is 0 Å². The summed E-state index contributed by atoms with van der Waals surface area (Å²) in [4.78, 5) is 0. The lowest BCUT2D eigenvalue weighted by Crippen LogP contribution is -1.83. The van der Waals surface area contributed by atoms with E-state index in [0.29, 0.717) is 0 Å². The Balaban J connectivity index is 4.39. The molecule has 68 valence electrons. The topological polar surface area (TPSA) is 0 Å². The fraction of sp³-hybridized carbons (Fsp3) is 0.500. The predicted molar refractivity (Wildman–Crippen MR) is 57.2 cm³/mol. The summed E-state index contributed by atoms with van der Waals surface area (Å²) in [5, 5.41) is 0. The average molecular weight is 164 g/mol. The second-order valence-electron chi connectivity index (χ2n) is 3.47. The van der Waals surface area contributed by atoms with E-state index in [1.54, 1.807) is 0 Å². The van der Waals surface area contributed by atoms with E-state index >= 15 is 0 Å². The van der Waals surface area contributed by atoms with Crippen LogP contribution in [0, 0.1) is 0 Å². The maximum atomic E-state index is 3.95. The van der Waals surface area contributed by atoms with Gasteiger partial charge in [0.1, 0.15) is 0 Å². The van der Waals surface area contributed by atoms with Crippen molar-refractivity contribution in [2.24, 2.45) is 0 Å². The van der Waals surface area contributed by atoms with Crippen LogP contribution in [0.4, 0.5) is 0 Å². The van der Waals surface area contributed by atoms with Crippen molar-refractivity contribution in [3.05, 3.63) is 35.5 Å². The van der Waals surface area contributed by atoms with Crippen molar-refractivity contribution in [3.63, 3.8) is 0 Å². The molecule has 0 amide bonds. The highest BCUT2D eigenvalue weighted by Gasteiger charge is 1.93. The molecule has 0 aliphatic carbocycles. The second kappa shape index (κ2) is 5.82. The largest absolute Gasteiger partial charge is 0.0958 e. The van der Waals surface area contributed by atoms with Gasteiger partial charge in [0, 0.05) is 0 Å². The molecule has 0 saturated carbocycles. The smallest absolute Gasteiger partial charge is 0.0279 e. The number of rotatable bonds is 4. The minimum absolute atomic E-state index is 1.14. The Morgan fingerprint density at radius 3 is 2.08 bits per heavy atom. The lowest BCUT2D eigenvalue weighted by Gasteiger charge is -2.03. The van der Waals surface area contributed by atoms with E-state index in [0.717, 1.165) is 6.42 Å². The van der Waals surface area contributed by atoms with Gasteiger partial charge in [-0.25, -0.2) is 0 Å². The minimum atomic E-state index is 1.14. The third kappa shape index (κ3) is 4.95. The Bertz CT molecular complexity index is 200. The summed E-state index contributed by atoms with van der Waals surface area (Å²) in [5.41, 5.74) is 3.90. The Morgan fingerprint density at radius 1 is 1.17 bits per heavy atom. The Labute approximate surface area is 76.7 Å². The van der Waals surface area contributed by atoms with Crippen LogP contribution in [0.25, 0.3) is 0 Å². The summed E-state index contributed by atoms with van der Waals surface area (Å²) in [6.45, 7) is 12.4. The van der Waals surface area contributed by atoms with Crippen LogP contribution in [0.5, 0.6) is 0 Å². The van der Waals surface area contributed by atoms with Crippen molar-refractivity contribution in [2.45, 2.75) is 40.5 Å². The molecule has 0 nitrogen and oxygen atoms in total. The fourth-order valence-corrected chi connectivity index (χ4v) is 0.976. The summed E-state index contributed by atoms with van der Waals surface area (Å²) < 4.78 is 0. The molecule has 0 fully saturated rings. The maximum Gasteiger partial charge on any atom is -0.0279 e. The van der Waals surface area contributed by atoms with Gasteiger partial charge in [0.15, 0.2) is 0 Å². The molecule has 0 atom stereocenters. The van der Waals surface area contributed by atoms with Gasteiger partial charge in [-0.15, -0.1) is 0 Å². The maximum absolute atomic E-state index is 3.95. The zero-order valence-electron chi connectivity index (χ0n) is 8.78. The van der Waals surface area contributed by atoms with E-state index < -0.39 is 0 Å². The first-order chi connectivity index (χ1) is 5.57. The molecule has 0 heteroatoms. The van der Waals surface area contributed by atoms with Crippen LogP contribution in [0.15, 0.2) is 35.5 Å². The lowest BCUT2D eigenvalue weighted by atomic mass is 10.0. The standard InChI is InChI=1S/C12H20/c1-6-7-12(11(4)5)9-8-10(2)3/h8-9H,4,6-7H2,1-3,5H3/b12-9-. The third-order valence-corrected chi connectivity index (χ3v) is 1.69. The zero-order valence-corrected chi connectivity index (χ0v) is 8.78. The van der Waals surface area contributed by atoms with E-state index in [4.69, 9.17) is 0 Å². The molecule has 0 radical (unpaired) electrons. The Morgan fingerprint density at radius 2 is 1.75 bits per heavy atom. The first-order valence-electron chi connectivity index (χ1n) is 4.57. The Hall–Kier alpha value is -0.780. The van der Waals surface area contributed by atoms with Crippen molar-refractivity contribution in [3.8, 4) is 0 Å². The van der Waals surface area contributed by atoms with Crippen molar-refractivity contribution >= 4 is 0 Å². The normalized spacial score (nSPS) is 11.2. The summed E-state index contributed by atoms with van der Waals surface area (Å²) >= 11 is 0. The van der Waals surface area contributed by atoms with Gasteiger partial charge >= 0.3 is 0 Å². The van der Waals surface area contributed by atoms with Gasteiger partial charge in [0.2, 0.25) is 0 Å². The van der Waals surface area contributed by atoms with Crippen LogP contribution in [-0.2, 0) is 0 Å². The number of hydrogen-bond acceptors (Lipinski definition) is 0. The molecule has 0 heterocycles. The molecule has 0 spiro atoms. The van der Waals surface area contributed by atoms with Crippen LogP contribution >= 0.6 is 0 Å². The van der Waals surface area contributed by atoms with Crippen LogP contribution < -0.4 is 0 Å². The molecule has 0 aromatic rings. The monoisotopic (exact) mass is 164 g/mol. The van der Waals surface area contributed by atoms with E-state index in [2.05, 4.69) is 46.4 Å². The summed E-state index contributed by atoms with van der Waals surface area (Å²) in [6.07, 6.45) is 6.66. The predicted octanol–water partition coefficient (Wildman–Crippen LogP) is 4.26. The molecule has 0 unspecified atom stereocenters. The highest BCUT2D eigenvalue weighted by atomic mass is 14.0. The van der Waals surface area contributed by atoms with Gasteiger partial charge in [-0.2, -0.15) is 0 Å². The molecule has 0 aliphatic rings. The molecule has 12 heavy (non-hydrogen) atoms. The van der Waals surface area contributed by atoms with Crippen molar-refractivity contribution in [2.75, 3.05) is 0 Å². The second-order valence-corrected chi connectivity index (χ2v) is 3.47. The SMILES string of the molecule is C=C(C)/C(=C\C=C(C)C)CCC. The van der Waals surface area contributed by atoms with Gasteiger partial charge in [-0.1, -0.05) is 43.2 Å². The molecule has 0 aromatic carbocycles. The molecular formula is C12H20. The van der Waals surface area contributed by atoms with Gasteiger partial charge in [-0.3, -0.25) is 0 Å². The highest BCUT2D eigenvalue weighted by molar-refractivity contribution is 5.30. The van der Waals surface area contributed by atoms with Crippen LogP contribution in [0.3, 0.4) is 0 Å². The van der Waals surface area contributed by atoms with Crippen molar-refractivity contribution in [1.82, 2.24) is 0 Å². The van der Waals surface area contributed by atoms with Gasteiger partial charge in [0.05, 0.1) is 0 Å². The van der Waals surface area contributed by atoms with Crippen LogP contribution in [0.2, 0.25) is 0 Å². The van der Waals surface area contributed by atoms with Gasteiger partial charge in [0.25, 0.3) is 0 Å². The van der Waals surface area contributed by atoms with Gasteiger partial charge < -0.3 is 0 Å². The van der Waals surface area contributed by atoms with Crippen molar-refractivity contribution in [1.29, 1.82) is 0 Å².